The zero-order valence-electron chi connectivity index (χ0n) is 29.4. The Labute approximate surface area is 263 Å². The number of rotatable bonds is 9. The molecule has 7 heteroatoms. The first-order valence-corrected chi connectivity index (χ1v) is 17.0. The molecule has 43 heavy (non-hydrogen) atoms. The van der Waals surface area contributed by atoms with E-state index in [0.29, 0.717) is 18.8 Å². The van der Waals surface area contributed by atoms with Crippen molar-refractivity contribution in [2.24, 2.45) is 5.92 Å². The molecule has 0 aliphatic carbocycles. The number of piperidine rings is 1. The monoisotopic (exact) mass is 597 g/mol. The van der Waals surface area contributed by atoms with Crippen LogP contribution in [0, 0.1) is 26.7 Å². The van der Waals surface area contributed by atoms with Crippen LogP contribution < -0.4 is 5.32 Å². The van der Waals surface area contributed by atoms with Gasteiger partial charge in [-0.2, -0.15) is 5.10 Å². The Balaban J connectivity index is 0.00000121. The maximum atomic E-state index is 13.6. The van der Waals surface area contributed by atoms with Gasteiger partial charge in [0.25, 0.3) is 0 Å². The van der Waals surface area contributed by atoms with Crippen molar-refractivity contribution in [2.75, 3.05) is 20.1 Å². The minimum atomic E-state index is -1.07. The largest absolute Gasteiger partial charge is 0.374 e. The molecule has 1 aromatic carbocycles. The average Bonchev–Trinajstić information content (AvgIpc) is 3.26. The van der Waals surface area contributed by atoms with Gasteiger partial charge in [-0.05, 0) is 72.1 Å². The van der Waals surface area contributed by atoms with Crippen LogP contribution in [0.15, 0.2) is 24.3 Å². The highest BCUT2D eigenvalue weighted by Crippen LogP contribution is 2.39. The first-order valence-electron chi connectivity index (χ1n) is 17.0. The molecule has 0 saturated carbocycles. The van der Waals surface area contributed by atoms with E-state index in [0.717, 1.165) is 49.6 Å². The zero-order valence-corrected chi connectivity index (χ0v) is 29.4. The quantitative estimate of drug-likeness (QED) is 0.296. The van der Waals surface area contributed by atoms with Gasteiger partial charge in [0.15, 0.2) is 0 Å². The number of benzene rings is 1. The van der Waals surface area contributed by atoms with Crippen LogP contribution in [-0.4, -0.2) is 68.0 Å². The fraction of sp³-hybridized carbons (Fsp3) is 0.722. The Morgan fingerprint density at radius 1 is 1.05 bits per heavy atom. The Morgan fingerprint density at radius 3 is 2.19 bits per heavy atom. The van der Waals surface area contributed by atoms with Crippen molar-refractivity contribution in [2.45, 2.75) is 144 Å². The number of hydrogen-bond donors (Lipinski definition) is 2. The zero-order chi connectivity index (χ0) is 32.4. The normalized spacial score (nSPS) is 22.7. The molecule has 2 N–H and O–H groups in total. The molecular weight excluding hydrogens is 534 g/mol. The third-order valence-electron chi connectivity index (χ3n) is 9.43. The molecule has 0 radical (unpaired) electrons. The number of unbranched alkanes of at least 4 members (excludes halogenated alkanes) is 2. The number of nitrogens with one attached hydrogen (secondary N) is 1. The number of aromatic nitrogens is 2. The standard InChI is InChI=1S/C31H49N5O2.C3H8.C2H6/c1-8-9-10-11-23(3)20-28-30(6,38)34(7)31(29(37)32-28)16-18-35(19-17-31)21-27-24(4)33-36(25(27)5)26-14-12-22(2)13-15-26;1-3-2;1-2/h12-15,23,28,38H,8-11,16-21H2,1-7H3,(H,32,37);3H2,1-2H3;1-2H3/t23?,28-,30?;;/m1../s1. The number of likely N-dealkylation sites (N-methyl/N-ethyl adjacent to an activating group) is 1. The Morgan fingerprint density at radius 2 is 1.63 bits per heavy atom. The third-order valence-corrected chi connectivity index (χ3v) is 9.43. The first kappa shape index (κ1) is 37.0. The fourth-order valence-corrected chi connectivity index (χ4v) is 6.50. The molecule has 2 aliphatic rings. The SMILES string of the molecule is CC.CCC.CCCCCC(C)C[C@H]1NC(=O)C2(CCN(Cc3c(C)nn(-c4ccc(C)cc4)c3C)CC2)N(C)C1(C)O. The summed E-state index contributed by atoms with van der Waals surface area (Å²) in [7, 11) is 1.95. The molecule has 3 heterocycles. The molecule has 1 spiro atoms. The Bertz CT molecular complexity index is 1120. The van der Waals surface area contributed by atoms with Crippen LogP contribution in [0.2, 0.25) is 0 Å². The summed E-state index contributed by atoms with van der Waals surface area (Å²) >= 11 is 0. The molecule has 2 fully saturated rings. The fourth-order valence-electron chi connectivity index (χ4n) is 6.50. The molecule has 2 aromatic rings. The molecular formula is C36H63N5O2. The summed E-state index contributed by atoms with van der Waals surface area (Å²) in [4.78, 5) is 18.0. The third kappa shape index (κ3) is 8.70. The number of hydrogen-bond acceptors (Lipinski definition) is 5. The topological polar surface area (TPSA) is 73.6 Å². The second-order valence-corrected chi connectivity index (χ2v) is 12.9. The molecule has 2 saturated heterocycles. The number of aryl methyl sites for hydroxylation is 2. The van der Waals surface area contributed by atoms with Gasteiger partial charge >= 0.3 is 0 Å². The van der Waals surface area contributed by atoms with Gasteiger partial charge in [0.2, 0.25) is 5.91 Å². The van der Waals surface area contributed by atoms with E-state index in [1.54, 1.807) is 0 Å². The minimum Gasteiger partial charge on any atom is -0.374 e. The van der Waals surface area contributed by atoms with Gasteiger partial charge in [-0.25, -0.2) is 4.68 Å². The lowest BCUT2D eigenvalue weighted by molar-refractivity contribution is -0.200. The lowest BCUT2D eigenvalue weighted by atomic mass is 9.77. The lowest BCUT2D eigenvalue weighted by Gasteiger charge is -2.57. The van der Waals surface area contributed by atoms with Gasteiger partial charge in [0.1, 0.15) is 11.3 Å². The highest BCUT2D eigenvalue weighted by Gasteiger charge is 2.57. The molecule has 2 aliphatic heterocycles. The number of amides is 1. The van der Waals surface area contributed by atoms with Gasteiger partial charge < -0.3 is 10.4 Å². The number of likely N-dealkylation sites (tertiary alicyclic amines) is 1. The van der Waals surface area contributed by atoms with E-state index >= 15 is 0 Å². The predicted molar refractivity (Wildman–Crippen MR) is 181 cm³/mol. The minimum absolute atomic E-state index is 0.0801. The smallest absolute Gasteiger partial charge is 0.241 e. The van der Waals surface area contributed by atoms with E-state index in [2.05, 4.69) is 82.9 Å². The van der Waals surface area contributed by atoms with Crippen LogP contribution in [0.5, 0.6) is 0 Å². The highest BCUT2D eigenvalue weighted by molar-refractivity contribution is 5.88. The van der Waals surface area contributed by atoms with E-state index < -0.39 is 11.3 Å². The Kier molecular flexibility index (Phi) is 14.4. The van der Waals surface area contributed by atoms with Crippen molar-refractivity contribution in [1.82, 2.24) is 24.9 Å². The van der Waals surface area contributed by atoms with E-state index in [-0.39, 0.29) is 11.9 Å². The van der Waals surface area contributed by atoms with E-state index in [1.807, 2.05) is 37.4 Å². The van der Waals surface area contributed by atoms with E-state index in [1.165, 1.54) is 36.8 Å². The van der Waals surface area contributed by atoms with Crippen molar-refractivity contribution in [3.05, 3.63) is 46.8 Å². The van der Waals surface area contributed by atoms with Crippen LogP contribution in [0.1, 0.15) is 122 Å². The van der Waals surface area contributed by atoms with Gasteiger partial charge in [-0.15, -0.1) is 0 Å². The molecule has 3 atom stereocenters. The molecule has 2 unspecified atom stereocenters. The van der Waals surface area contributed by atoms with Crippen molar-refractivity contribution in [3.63, 3.8) is 0 Å². The molecule has 244 valence electrons. The van der Waals surface area contributed by atoms with Gasteiger partial charge in [-0.3, -0.25) is 14.6 Å². The van der Waals surface area contributed by atoms with Crippen LogP contribution >= 0.6 is 0 Å². The lowest BCUT2D eigenvalue weighted by Crippen LogP contribution is -2.77. The average molecular weight is 598 g/mol. The summed E-state index contributed by atoms with van der Waals surface area (Å²) in [5, 5.41) is 19.8. The molecule has 1 amide bonds. The predicted octanol–water partition coefficient (Wildman–Crippen LogP) is 7.32. The number of piperazine rings is 1. The van der Waals surface area contributed by atoms with Crippen molar-refractivity contribution in [3.8, 4) is 5.69 Å². The number of nitrogens with zero attached hydrogens (tertiary/aromatic N) is 4. The molecule has 1 aromatic heterocycles. The van der Waals surface area contributed by atoms with Crippen LogP contribution in [0.25, 0.3) is 5.69 Å². The van der Waals surface area contributed by atoms with Gasteiger partial charge in [0.05, 0.1) is 17.4 Å². The first-order chi connectivity index (χ1) is 20.4. The maximum absolute atomic E-state index is 13.6. The Hall–Kier alpha value is -2.22. The molecule has 0 bridgehead atoms. The summed E-state index contributed by atoms with van der Waals surface area (Å²) < 4.78 is 2.04. The van der Waals surface area contributed by atoms with Crippen molar-refractivity contribution >= 4 is 5.91 Å². The van der Waals surface area contributed by atoms with Crippen LogP contribution in [0.3, 0.4) is 0 Å². The molecule has 4 rings (SSSR count). The van der Waals surface area contributed by atoms with E-state index in [9.17, 15) is 9.90 Å². The highest BCUT2D eigenvalue weighted by atomic mass is 16.3. The second-order valence-electron chi connectivity index (χ2n) is 12.9. The summed E-state index contributed by atoms with van der Waals surface area (Å²) in [6.45, 7) is 23.3. The summed E-state index contributed by atoms with van der Waals surface area (Å²) in [5.41, 5.74) is 4.05. The second kappa shape index (κ2) is 16.7. The van der Waals surface area contributed by atoms with Crippen LogP contribution in [-0.2, 0) is 11.3 Å². The van der Waals surface area contributed by atoms with Gasteiger partial charge in [0, 0.05) is 30.9 Å². The van der Waals surface area contributed by atoms with Crippen molar-refractivity contribution < 1.29 is 9.90 Å². The summed E-state index contributed by atoms with van der Waals surface area (Å²) in [5.74, 6) is 0.548. The number of carbonyl (C=O) groups is 1. The maximum Gasteiger partial charge on any atom is 0.241 e. The van der Waals surface area contributed by atoms with Crippen molar-refractivity contribution in [1.29, 1.82) is 0 Å². The summed E-state index contributed by atoms with van der Waals surface area (Å²) in [6, 6.07) is 8.22. The number of aliphatic hydroxyl groups is 1. The number of carbonyl (C=O) groups excluding carboxylic acids is 1. The van der Waals surface area contributed by atoms with Gasteiger partial charge in [-0.1, -0.05) is 91.3 Å². The van der Waals surface area contributed by atoms with E-state index in [4.69, 9.17) is 5.10 Å². The summed E-state index contributed by atoms with van der Waals surface area (Å²) in [6.07, 6.45) is 8.25. The molecule has 7 nitrogen and oxygen atoms in total. The van der Waals surface area contributed by atoms with Crippen LogP contribution in [0.4, 0.5) is 0 Å².